The van der Waals surface area contributed by atoms with Crippen LogP contribution in [0.25, 0.3) is 0 Å². The van der Waals surface area contributed by atoms with Crippen molar-refractivity contribution in [2.75, 3.05) is 19.7 Å². The molecule has 0 bridgehead atoms. The van der Waals surface area contributed by atoms with Crippen molar-refractivity contribution >= 4 is 5.91 Å². The summed E-state index contributed by atoms with van der Waals surface area (Å²) >= 11 is 0. The average molecular weight is 240 g/mol. The minimum Gasteiger partial charge on any atom is -0.378 e. The van der Waals surface area contributed by atoms with Crippen molar-refractivity contribution in [3.05, 3.63) is 0 Å². The normalized spacial score (nSPS) is 31.5. The van der Waals surface area contributed by atoms with Gasteiger partial charge in [-0.2, -0.15) is 0 Å². The van der Waals surface area contributed by atoms with Crippen molar-refractivity contribution in [3.8, 4) is 0 Å². The zero-order valence-electron chi connectivity index (χ0n) is 11.1. The van der Waals surface area contributed by atoms with Gasteiger partial charge < -0.3 is 15.4 Å². The number of hydrogen-bond donors (Lipinski definition) is 2. The molecule has 1 heterocycles. The summed E-state index contributed by atoms with van der Waals surface area (Å²) in [4.78, 5) is 11.8. The Morgan fingerprint density at radius 1 is 1.47 bits per heavy atom. The highest BCUT2D eigenvalue weighted by Crippen LogP contribution is 2.42. The Hall–Kier alpha value is -0.610. The Kier molecular flexibility index (Phi) is 3.73. The lowest BCUT2D eigenvalue weighted by atomic mass is 9.64. The van der Waals surface area contributed by atoms with Crippen LogP contribution in [0.2, 0.25) is 0 Å². The Bertz CT molecular complexity index is 287. The first-order valence-electron chi connectivity index (χ1n) is 6.65. The van der Waals surface area contributed by atoms with Gasteiger partial charge in [0.25, 0.3) is 0 Å². The molecule has 0 aromatic heterocycles. The topological polar surface area (TPSA) is 50.4 Å². The lowest BCUT2D eigenvalue weighted by Gasteiger charge is -2.51. The summed E-state index contributed by atoms with van der Waals surface area (Å²) in [5.74, 6) is 0.741. The number of carbonyl (C=O) groups is 1. The van der Waals surface area contributed by atoms with Crippen molar-refractivity contribution in [2.24, 2.45) is 11.3 Å². The summed E-state index contributed by atoms with van der Waals surface area (Å²) in [6.45, 7) is 9.10. The molecule has 0 radical (unpaired) electrons. The molecule has 0 spiro atoms. The summed E-state index contributed by atoms with van der Waals surface area (Å²) in [7, 11) is 0. The third kappa shape index (κ3) is 2.63. The van der Waals surface area contributed by atoms with E-state index in [2.05, 4.69) is 24.5 Å². The molecule has 2 unspecified atom stereocenters. The molecule has 1 aliphatic heterocycles. The first-order chi connectivity index (χ1) is 8.04. The molecule has 0 aromatic carbocycles. The number of amides is 1. The molecular formula is C13H24N2O2. The summed E-state index contributed by atoms with van der Waals surface area (Å²) in [6.07, 6.45) is 1.91. The molecule has 2 atom stereocenters. The SMILES string of the molecule is CCOC1CC(NC(=O)CC2CNC2)C1(C)C. The second-order valence-electron chi connectivity index (χ2n) is 5.85. The van der Waals surface area contributed by atoms with Gasteiger partial charge in [-0.05, 0) is 32.4 Å². The number of carbonyl (C=O) groups excluding carboxylic acids is 1. The van der Waals surface area contributed by atoms with Crippen LogP contribution in [-0.4, -0.2) is 37.7 Å². The molecule has 4 heteroatoms. The maximum atomic E-state index is 11.8. The van der Waals surface area contributed by atoms with E-state index in [0.717, 1.165) is 26.1 Å². The van der Waals surface area contributed by atoms with Crippen molar-refractivity contribution < 1.29 is 9.53 Å². The van der Waals surface area contributed by atoms with Crippen LogP contribution in [0.3, 0.4) is 0 Å². The van der Waals surface area contributed by atoms with Crippen molar-refractivity contribution in [2.45, 2.75) is 45.8 Å². The third-order valence-corrected chi connectivity index (χ3v) is 4.22. The van der Waals surface area contributed by atoms with Gasteiger partial charge in [0, 0.05) is 24.5 Å². The Labute approximate surface area is 103 Å². The Balaban J connectivity index is 1.74. The molecule has 17 heavy (non-hydrogen) atoms. The number of hydrogen-bond acceptors (Lipinski definition) is 3. The van der Waals surface area contributed by atoms with E-state index in [0.29, 0.717) is 18.4 Å². The average Bonchev–Trinajstić information content (AvgIpc) is 2.22. The molecule has 4 nitrogen and oxygen atoms in total. The smallest absolute Gasteiger partial charge is 0.220 e. The second kappa shape index (κ2) is 4.94. The van der Waals surface area contributed by atoms with E-state index in [1.165, 1.54) is 0 Å². The van der Waals surface area contributed by atoms with Crippen LogP contribution >= 0.6 is 0 Å². The van der Waals surface area contributed by atoms with Gasteiger partial charge in [0.1, 0.15) is 0 Å². The van der Waals surface area contributed by atoms with E-state index in [9.17, 15) is 4.79 Å². The maximum absolute atomic E-state index is 11.8. The first kappa shape index (κ1) is 12.8. The Morgan fingerprint density at radius 3 is 2.65 bits per heavy atom. The molecule has 2 fully saturated rings. The largest absolute Gasteiger partial charge is 0.378 e. The minimum atomic E-state index is 0.0729. The second-order valence-corrected chi connectivity index (χ2v) is 5.85. The van der Waals surface area contributed by atoms with Gasteiger partial charge in [0.2, 0.25) is 5.91 Å². The van der Waals surface area contributed by atoms with Crippen molar-refractivity contribution in [3.63, 3.8) is 0 Å². The fraction of sp³-hybridized carbons (Fsp3) is 0.923. The summed E-state index contributed by atoms with van der Waals surface area (Å²) in [5.41, 5.74) is 0.0729. The van der Waals surface area contributed by atoms with Crippen LogP contribution in [0.4, 0.5) is 0 Å². The highest BCUT2D eigenvalue weighted by Gasteiger charge is 2.49. The quantitative estimate of drug-likeness (QED) is 0.751. The van der Waals surface area contributed by atoms with Crippen molar-refractivity contribution in [1.82, 2.24) is 10.6 Å². The molecular weight excluding hydrogens is 216 g/mol. The van der Waals surface area contributed by atoms with E-state index >= 15 is 0 Å². The fourth-order valence-electron chi connectivity index (χ4n) is 2.62. The third-order valence-electron chi connectivity index (χ3n) is 4.22. The van der Waals surface area contributed by atoms with Crippen LogP contribution < -0.4 is 10.6 Å². The van der Waals surface area contributed by atoms with Gasteiger partial charge in [-0.1, -0.05) is 13.8 Å². The van der Waals surface area contributed by atoms with Gasteiger partial charge in [0.05, 0.1) is 6.10 Å². The zero-order valence-corrected chi connectivity index (χ0v) is 11.1. The summed E-state index contributed by atoms with van der Waals surface area (Å²) in [6, 6.07) is 0.277. The molecule has 2 rings (SSSR count). The minimum absolute atomic E-state index is 0.0729. The predicted octanol–water partition coefficient (Wildman–Crippen LogP) is 0.916. The van der Waals surface area contributed by atoms with Crippen LogP contribution in [0.15, 0.2) is 0 Å². The number of nitrogens with one attached hydrogen (secondary N) is 2. The molecule has 98 valence electrons. The van der Waals surface area contributed by atoms with Gasteiger partial charge in [-0.25, -0.2) is 0 Å². The molecule has 1 aliphatic carbocycles. The monoisotopic (exact) mass is 240 g/mol. The van der Waals surface area contributed by atoms with Gasteiger partial charge in [-0.15, -0.1) is 0 Å². The molecule has 1 saturated heterocycles. The molecule has 0 aromatic rings. The molecule has 2 N–H and O–H groups in total. The Morgan fingerprint density at radius 2 is 2.18 bits per heavy atom. The first-order valence-corrected chi connectivity index (χ1v) is 6.65. The van der Waals surface area contributed by atoms with E-state index in [1.54, 1.807) is 0 Å². The standard InChI is InChI=1S/C13H24N2O2/c1-4-17-11-6-10(13(11,2)3)15-12(16)5-9-7-14-8-9/h9-11,14H,4-8H2,1-3H3,(H,15,16). The van der Waals surface area contributed by atoms with Crippen LogP contribution in [-0.2, 0) is 9.53 Å². The highest BCUT2D eigenvalue weighted by molar-refractivity contribution is 5.77. The lowest BCUT2D eigenvalue weighted by Crippen LogP contribution is -2.62. The van der Waals surface area contributed by atoms with Gasteiger partial charge in [-0.3, -0.25) is 4.79 Å². The van der Waals surface area contributed by atoms with E-state index in [-0.39, 0.29) is 17.4 Å². The number of rotatable bonds is 5. The van der Waals surface area contributed by atoms with Crippen LogP contribution in [0.5, 0.6) is 0 Å². The fourth-order valence-corrected chi connectivity index (χ4v) is 2.62. The molecule has 1 amide bonds. The van der Waals surface area contributed by atoms with Gasteiger partial charge >= 0.3 is 0 Å². The lowest BCUT2D eigenvalue weighted by molar-refractivity contribution is -0.137. The van der Waals surface area contributed by atoms with E-state index < -0.39 is 0 Å². The zero-order chi connectivity index (χ0) is 12.5. The van der Waals surface area contributed by atoms with E-state index in [1.807, 2.05) is 6.92 Å². The number of ether oxygens (including phenoxy) is 1. The van der Waals surface area contributed by atoms with E-state index in [4.69, 9.17) is 4.74 Å². The summed E-state index contributed by atoms with van der Waals surface area (Å²) < 4.78 is 5.66. The van der Waals surface area contributed by atoms with Crippen LogP contribution in [0, 0.1) is 11.3 Å². The highest BCUT2D eigenvalue weighted by atomic mass is 16.5. The van der Waals surface area contributed by atoms with Gasteiger partial charge in [0.15, 0.2) is 0 Å². The summed E-state index contributed by atoms with van der Waals surface area (Å²) in [5, 5.41) is 6.34. The molecule has 2 aliphatic rings. The predicted molar refractivity (Wildman–Crippen MR) is 66.7 cm³/mol. The molecule has 1 saturated carbocycles. The maximum Gasteiger partial charge on any atom is 0.220 e. The van der Waals surface area contributed by atoms with Crippen LogP contribution in [0.1, 0.15) is 33.6 Å². The van der Waals surface area contributed by atoms with Crippen molar-refractivity contribution in [1.29, 1.82) is 0 Å².